The monoisotopic (exact) mass is 165 g/mol. The first kappa shape index (κ1) is 8.78. The lowest BCUT2D eigenvalue weighted by Crippen LogP contribution is -2.01. The molecule has 0 aromatic heterocycles. The number of rotatable bonds is 4. The maximum atomic E-state index is 12.9. The van der Waals surface area contributed by atoms with Crippen LogP contribution < -0.4 is 5.32 Å². The van der Waals surface area contributed by atoms with Crippen molar-refractivity contribution in [3.8, 4) is 0 Å². The van der Waals surface area contributed by atoms with Gasteiger partial charge in [-0.05, 0) is 18.6 Å². The van der Waals surface area contributed by atoms with Gasteiger partial charge in [0.2, 0.25) is 0 Å². The lowest BCUT2D eigenvalue weighted by Gasteiger charge is -2.04. The minimum atomic E-state index is -0.207. The Bertz CT molecular complexity index is 258. The Morgan fingerprint density at radius 3 is 2.83 bits per heavy atom. The van der Waals surface area contributed by atoms with Gasteiger partial charge in [0.05, 0.1) is 5.69 Å². The van der Waals surface area contributed by atoms with Crippen LogP contribution in [0.2, 0.25) is 0 Å². The minimum Gasteiger partial charge on any atom is -0.382 e. The molecule has 1 aromatic rings. The summed E-state index contributed by atoms with van der Waals surface area (Å²) in [5.74, 6) is -0.207. The fraction of sp³-hybridized carbons (Fsp3) is 0.200. The quantitative estimate of drug-likeness (QED) is 0.534. The normalized spacial score (nSPS) is 9.42. The summed E-state index contributed by atoms with van der Waals surface area (Å²) in [5, 5.41) is 2.97. The van der Waals surface area contributed by atoms with E-state index >= 15 is 0 Å². The van der Waals surface area contributed by atoms with Gasteiger partial charge in [0.15, 0.2) is 0 Å². The van der Waals surface area contributed by atoms with Crippen LogP contribution in [0.3, 0.4) is 0 Å². The molecule has 0 saturated heterocycles. The molecule has 12 heavy (non-hydrogen) atoms. The molecule has 2 heteroatoms. The molecule has 1 aromatic carbocycles. The van der Waals surface area contributed by atoms with Gasteiger partial charge in [-0.1, -0.05) is 18.2 Å². The van der Waals surface area contributed by atoms with Crippen LogP contribution >= 0.6 is 0 Å². The molecule has 0 atom stereocenters. The third-order valence-corrected chi connectivity index (χ3v) is 1.54. The summed E-state index contributed by atoms with van der Waals surface area (Å²) in [7, 11) is 0. The molecule has 0 saturated carbocycles. The molecule has 0 unspecified atom stereocenters. The van der Waals surface area contributed by atoms with Crippen LogP contribution in [-0.2, 0) is 0 Å². The van der Waals surface area contributed by atoms with Gasteiger partial charge in [-0.2, -0.15) is 0 Å². The third kappa shape index (κ3) is 2.38. The van der Waals surface area contributed by atoms with Gasteiger partial charge >= 0.3 is 0 Å². The fourth-order valence-corrected chi connectivity index (χ4v) is 0.913. The van der Waals surface area contributed by atoms with E-state index in [1.807, 2.05) is 0 Å². The van der Waals surface area contributed by atoms with E-state index in [9.17, 15) is 4.39 Å². The fourth-order valence-electron chi connectivity index (χ4n) is 0.913. The summed E-state index contributed by atoms with van der Waals surface area (Å²) in [6, 6.07) is 6.64. The molecule has 1 rings (SSSR count). The second kappa shape index (κ2) is 4.54. The maximum Gasteiger partial charge on any atom is 0.146 e. The molecular weight excluding hydrogens is 153 g/mol. The van der Waals surface area contributed by atoms with E-state index in [1.165, 1.54) is 6.07 Å². The van der Waals surface area contributed by atoms with E-state index in [1.54, 1.807) is 24.3 Å². The van der Waals surface area contributed by atoms with Gasteiger partial charge in [-0.25, -0.2) is 4.39 Å². The van der Waals surface area contributed by atoms with Crippen LogP contribution in [0, 0.1) is 5.82 Å². The molecule has 1 N–H and O–H groups in total. The predicted molar refractivity (Wildman–Crippen MR) is 49.7 cm³/mol. The second-order valence-corrected chi connectivity index (χ2v) is 2.48. The smallest absolute Gasteiger partial charge is 0.146 e. The van der Waals surface area contributed by atoms with Gasteiger partial charge in [0.1, 0.15) is 5.82 Å². The highest BCUT2D eigenvalue weighted by molar-refractivity contribution is 5.44. The third-order valence-electron chi connectivity index (χ3n) is 1.54. The number of nitrogens with one attached hydrogen (secondary N) is 1. The molecule has 0 fully saturated rings. The lowest BCUT2D eigenvalue weighted by molar-refractivity contribution is 0.630. The lowest BCUT2D eigenvalue weighted by atomic mass is 10.3. The van der Waals surface area contributed by atoms with Crippen molar-refractivity contribution in [3.63, 3.8) is 0 Å². The van der Waals surface area contributed by atoms with E-state index in [4.69, 9.17) is 0 Å². The van der Waals surface area contributed by atoms with E-state index < -0.39 is 0 Å². The molecule has 1 nitrogen and oxygen atoms in total. The summed E-state index contributed by atoms with van der Waals surface area (Å²) < 4.78 is 12.9. The van der Waals surface area contributed by atoms with Crippen molar-refractivity contribution in [1.82, 2.24) is 0 Å². The zero-order valence-electron chi connectivity index (χ0n) is 6.89. The molecule has 0 aliphatic carbocycles. The SMILES string of the molecule is C=CCCNc1ccccc1F. The van der Waals surface area contributed by atoms with Gasteiger partial charge in [0, 0.05) is 6.54 Å². The van der Waals surface area contributed by atoms with Crippen LogP contribution in [0.15, 0.2) is 36.9 Å². The average molecular weight is 165 g/mol. The molecule has 0 heterocycles. The van der Waals surface area contributed by atoms with Crippen molar-refractivity contribution in [2.45, 2.75) is 6.42 Å². The topological polar surface area (TPSA) is 12.0 Å². The summed E-state index contributed by atoms with van der Waals surface area (Å²) in [4.78, 5) is 0. The highest BCUT2D eigenvalue weighted by Crippen LogP contribution is 2.11. The number of anilines is 1. The van der Waals surface area contributed by atoms with Crippen molar-refractivity contribution < 1.29 is 4.39 Å². The first-order valence-electron chi connectivity index (χ1n) is 3.94. The standard InChI is InChI=1S/C10H12FN/c1-2-3-8-12-10-7-5-4-6-9(10)11/h2,4-7,12H,1,3,8H2. The van der Waals surface area contributed by atoms with Crippen LogP contribution in [-0.4, -0.2) is 6.54 Å². The van der Waals surface area contributed by atoms with Crippen LogP contribution in [0.1, 0.15) is 6.42 Å². The Morgan fingerprint density at radius 2 is 2.17 bits per heavy atom. The van der Waals surface area contributed by atoms with Crippen LogP contribution in [0.4, 0.5) is 10.1 Å². The predicted octanol–water partition coefficient (Wildman–Crippen LogP) is 2.81. The molecule has 0 amide bonds. The zero-order valence-corrected chi connectivity index (χ0v) is 6.89. The summed E-state index contributed by atoms with van der Waals surface area (Å²) >= 11 is 0. The van der Waals surface area contributed by atoms with Crippen LogP contribution in [0.5, 0.6) is 0 Å². The number of para-hydroxylation sites is 1. The zero-order chi connectivity index (χ0) is 8.81. The molecule has 0 aliphatic heterocycles. The Morgan fingerprint density at radius 1 is 1.42 bits per heavy atom. The van der Waals surface area contributed by atoms with Crippen molar-refractivity contribution in [1.29, 1.82) is 0 Å². The maximum absolute atomic E-state index is 12.9. The molecule has 0 radical (unpaired) electrons. The molecule has 64 valence electrons. The molecule has 0 spiro atoms. The number of hydrogen-bond acceptors (Lipinski definition) is 1. The largest absolute Gasteiger partial charge is 0.382 e. The minimum absolute atomic E-state index is 0.207. The molecule has 0 aliphatic rings. The first-order chi connectivity index (χ1) is 5.84. The van der Waals surface area contributed by atoms with Crippen molar-refractivity contribution in [3.05, 3.63) is 42.7 Å². The number of benzene rings is 1. The van der Waals surface area contributed by atoms with E-state index in [-0.39, 0.29) is 5.82 Å². The highest BCUT2D eigenvalue weighted by Gasteiger charge is 1.96. The number of hydrogen-bond donors (Lipinski definition) is 1. The van der Waals surface area contributed by atoms with Crippen molar-refractivity contribution in [2.24, 2.45) is 0 Å². The second-order valence-electron chi connectivity index (χ2n) is 2.48. The van der Waals surface area contributed by atoms with E-state index in [0.717, 1.165) is 13.0 Å². The van der Waals surface area contributed by atoms with Gasteiger partial charge in [-0.3, -0.25) is 0 Å². The van der Waals surface area contributed by atoms with Gasteiger partial charge in [0.25, 0.3) is 0 Å². The Hall–Kier alpha value is -1.31. The van der Waals surface area contributed by atoms with Crippen molar-refractivity contribution in [2.75, 3.05) is 11.9 Å². The average Bonchev–Trinajstić information content (AvgIpc) is 2.09. The summed E-state index contributed by atoms with van der Waals surface area (Å²) in [6.07, 6.45) is 2.64. The Balaban J connectivity index is 2.51. The molecular formula is C10H12FN. The first-order valence-corrected chi connectivity index (χ1v) is 3.94. The number of halogens is 1. The summed E-state index contributed by atoms with van der Waals surface area (Å²) in [6.45, 7) is 4.31. The van der Waals surface area contributed by atoms with E-state index in [2.05, 4.69) is 11.9 Å². The van der Waals surface area contributed by atoms with Gasteiger partial charge in [-0.15, -0.1) is 6.58 Å². The summed E-state index contributed by atoms with van der Waals surface area (Å²) in [5.41, 5.74) is 0.555. The Kier molecular flexibility index (Phi) is 3.33. The van der Waals surface area contributed by atoms with Gasteiger partial charge < -0.3 is 5.32 Å². The van der Waals surface area contributed by atoms with E-state index in [0.29, 0.717) is 5.69 Å². The van der Waals surface area contributed by atoms with Crippen molar-refractivity contribution >= 4 is 5.69 Å². The Labute approximate surface area is 71.9 Å². The highest BCUT2D eigenvalue weighted by atomic mass is 19.1. The molecule has 0 bridgehead atoms. The van der Waals surface area contributed by atoms with Crippen LogP contribution in [0.25, 0.3) is 0 Å².